The van der Waals surface area contributed by atoms with Crippen molar-refractivity contribution >= 4 is 52.4 Å². The highest BCUT2D eigenvalue weighted by Gasteiger charge is 2.29. The van der Waals surface area contributed by atoms with E-state index in [4.69, 9.17) is 15.9 Å². The van der Waals surface area contributed by atoms with E-state index < -0.39 is 65.2 Å². The van der Waals surface area contributed by atoms with Gasteiger partial charge in [-0.15, -0.1) is 0 Å². The minimum absolute atomic E-state index is 0.0133. The lowest BCUT2D eigenvalue weighted by atomic mass is 10.1. The van der Waals surface area contributed by atoms with E-state index in [1.165, 1.54) is 19.4 Å². The topological polar surface area (TPSA) is 263 Å². The molecule has 0 saturated carbocycles. The van der Waals surface area contributed by atoms with Crippen molar-refractivity contribution < 1.29 is 43.8 Å². The molecule has 3 atom stereocenters. The number of imidazole rings is 1. The molecule has 0 bridgehead atoms. The molecular weight excluding hydrogens is 526 g/mol. The number of hydrogen-bond donors (Lipinski definition) is 8. The number of carboxylic acid groups (broad SMARTS) is 2. The van der Waals surface area contributed by atoms with Crippen molar-refractivity contribution in [3.05, 3.63) is 18.2 Å². The van der Waals surface area contributed by atoms with E-state index in [1.807, 2.05) is 0 Å². The molecule has 38 heavy (non-hydrogen) atoms. The van der Waals surface area contributed by atoms with Gasteiger partial charge in [-0.2, -0.15) is 0 Å². The molecule has 0 aliphatic heterocycles. The molecule has 0 aliphatic carbocycles. The molecule has 0 fully saturated rings. The normalized spacial score (nSPS) is 12.9. The van der Waals surface area contributed by atoms with Crippen LogP contribution in [0.3, 0.4) is 0 Å². The van der Waals surface area contributed by atoms with Crippen LogP contribution in [0.25, 0.3) is 0 Å². The van der Waals surface area contributed by atoms with Gasteiger partial charge in [-0.25, -0.2) is 4.98 Å². The van der Waals surface area contributed by atoms with Crippen molar-refractivity contribution in [3.63, 3.8) is 0 Å². The van der Waals surface area contributed by atoms with Crippen molar-refractivity contribution in [3.8, 4) is 0 Å². The number of amides is 4. The first-order valence-electron chi connectivity index (χ1n) is 11.3. The number of rotatable bonds is 17. The van der Waals surface area contributed by atoms with Gasteiger partial charge in [-0.1, -0.05) is 11.8 Å². The molecule has 0 aliphatic rings. The van der Waals surface area contributed by atoms with E-state index in [9.17, 15) is 33.6 Å². The maximum Gasteiger partial charge on any atom is 0.322 e. The SMILES string of the molecule is CC(=O)NCCC(=O)N[C@@H](Cc1cnc[nH]1)C(=O)SC(CNC(=O)CCC(N)C(=O)O)C(=O)NCC(=O)O. The molecule has 9 N–H and O–H groups in total. The van der Waals surface area contributed by atoms with E-state index in [2.05, 4.69) is 31.2 Å². The zero-order chi connectivity index (χ0) is 28.7. The van der Waals surface area contributed by atoms with Crippen LogP contribution in [0.1, 0.15) is 31.9 Å². The third-order valence-electron chi connectivity index (χ3n) is 4.77. The largest absolute Gasteiger partial charge is 0.480 e. The standard InChI is InChI=1S/C21H31N7O9S/c1-11(29)24-5-4-17(31)28-14(6-12-7-23-10-27-12)21(37)38-15(19(34)26-9-18(32)33)8-25-16(30)3-2-13(22)20(35)36/h7,10,13-15H,2-6,8-9,22H2,1H3,(H,23,27)(H,24,29)(H,25,30)(H,26,34)(H,28,31)(H,32,33)(H,35,36)/t13?,14-,15?/m0/s1. The first-order chi connectivity index (χ1) is 17.9. The molecule has 1 aromatic heterocycles. The number of thioether (sulfide) groups is 1. The Balaban J connectivity index is 2.91. The molecule has 1 rings (SSSR count). The first-order valence-corrected chi connectivity index (χ1v) is 12.2. The number of aliphatic carboxylic acids is 2. The monoisotopic (exact) mass is 557 g/mol. The Morgan fingerprint density at radius 1 is 1.05 bits per heavy atom. The summed E-state index contributed by atoms with van der Waals surface area (Å²) in [6, 6.07) is -2.40. The Labute approximate surface area is 221 Å². The molecule has 210 valence electrons. The predicted octanol–water partition coefficient (Wildman–Crippen LogP) is -2.90. The summed E-state index contributed by atoms with van der Waals surface area (Å²) in [5.74, 6) is -4.99. The molecule has 0 spiro atoms. The lowest BCUT2D eigenvalue weighted by molar-refractivity contribution is -0.139. The molecule has 17 heteroatoms. The number of nitrogens with two attached hydrogens (primary N) is 1. The van der Waals surface area contributed by atoms with Gasteiger partial charge >= 0.3 is 11.9 Å². The summed E-state index contributed by atoms with van der Waals surface area (Å²) in [6.45, 7) is 0.199. The highest BCUT2D eigenvalue weighted by Crippen LogP contribution is 2.17. The number of carboxylic acids is 2. The number of carbonyl (C=O) groups is 7. The fourth-order valence-corrected chi connectivity index (χ4v) is 3.76. The van der Waals surface area contributed by atoms with Crippen molar-refractivity contribution in [2.24, 2.45) is 5.73 Å². The van der Waals surface area contributed by atoms with E-state index >= 15 is 0 Å². The lowest BCUT2D eigenvalue weighted by Crippen LogP contribution is -2.46. The maximum absolute atomic E-state index is 13.1. The van der Waals surface area contributed by atoms with E-state index in [-0.39, 0.29) is 38.1 Å². The van der Waals surface area contributed by atoms with Gasteiger partial charge in [0, 0.05) is 51.2 Å². The summed E-state index contributed by atoms with van der Waals surface area (Å²) < 4.78 is 0. The van der Waals surface area contributed by atoms with Crippen molar-refractivity contribution in [2.45, 2.75) is 49.9 Å². The molecule has 2 unspecified atom stereocenters. The summed E-state index contributed by atoms with van der Waals surface area (Å²) in [4.78, 5) is 89.5. The summed E-state index contributed by atoms with van der Waals surface area (Å²) in [5.41, 5.74) is 5.87. The highest BCUT2D eigenvalue weighted by molar-refractivity contribution is 8.14. The average molecular weight is 558 g/mol. The second-order valence-electron chi connectivity index (χ2n) is 7.96. The van der Waals surface area contributed by atoms with Crippen LogP contribution in [0.4, 0.5) is 0 Å². The number of aromatic nitrogens is 2. The number of carbonyl (C=O) groups excluding carboxylic acids is 5. The van der Waals surface area contributed by atoms with Crippen LogP contribution >= 0.6 is 11.8 Å². The third-order valence-corrected chi connectivity index (χ3v) is 5.96. The van der Waals surface area contributed by atoms with E-state index in [1.54, 1.807) is 0 Å². The average Bonchev–Trinajstić information content (AvgIpc) is 3.35. The Kier molecular flexibility index (Phi) is 14.1. The molecule has 0 aromatic carbocycles. The number of aromatic amines is 1. The Morgan fingerprint density at radius 2 is 1.76 bits per heavy atom. The van der Waals surface area contributed by atoms with Gasteiger partial charge in [-0.05, 0) is 6.42 Å². The van der Waals surface area contributed by atoms with Crippen LogP contribution in [0, 0.1) is 0 Å². The smallest absolute Gasteiger partial charge is 0.322 e. The van der Waals surface area contributed by atoms with E-state index in [0.29, 0.717) is 17.5 Å². The second kappa shape index (κ2) is 16.7. The van der Waals surface area contributed by atoms with Crippen molar-refractivity contribution in [2.75, 3.05) is 19.6 Å². The number of H-pyrrole nitrogens is 1. The fraction of sp³-hybridized carbons (Fsp3) is 0.524. The fourth-order valence-electron chi connectivity index (χ4n) is 2.82. The van der Waals surface area contributed by atoms with Gasteiger partial charge in [0.25, 0.3) is 0 Å². The van der Waals surface area contributed by atoms with Gasteiger partial charge in [0.05, 0.1) is 6.33 Å². The molecule has 0 saturated heterocycles. The maximum atomic E-state index is 13.1. The second-order valence-corrected chi connectivity index (χ2v) is 9.17. The summed E-state index contributed by atoms with van der Waals surface area (Å²) >= 11 is 0.480. The number of hydrogen-bond acceptors (Lipinski definition) is 10. The predicted molar refractivity (Wildman–Crippen MR) is 132 cm³/mol. The summed E-state index contributed by atoms with van der Waals surface area (Å²) in [7, 11) is 0. The van der Waals surface area contributed by atoms with Crippen LogP contribution < -0.4 is 27.0 Å². The molecule has 1 aromatic rings. The number of nitrogens with zero attached hydrogens (tertiary/aromatic N) is 1. The Bertz CT molecular complexity index is 1000. The molecule has 4 amide bonds. The first kappa shape index (κ1) is 32.0. The van der Waals surface area contributed by atoms with Gasteiger partial charge in [0.1, 0.15) is 23.9 Å². The van der Waals surface area contributed by atoms with Crippen molar-refractivity contribution in [1.82, 2.24) is 31.2 Å². The number of nitrogens with one attached hydrogen (secondary N) is 5. The quantitative estimate of drug-likeness (QED) is 0.0959. The zero-order valence-corrected chi connectivity index (χ0v) is 21.3. The van der Waals surface area contributed by atoms with E-state index in [0.717, 1.165) is 0 Å². The van der Waals surface area contributed by atoms with Crippen LogP contribution in [0.2, 0.25) is 0 Å². The lowest BCUT2D eigenvalue weighted by Gasteiger charge is -2.21. The van der Waals surface area contributed by atoms with Crippen LogP contribution in [0.5, 0.6) is 0 Å². The van der Waals surface area contributed by atoms with Gasteiger partial charge in [0.2, 0.25) is 28.7 Å². The van der Waals surface area contributed by atoms with Crippen LogP contribution in [0.15, 0.2) is 12.5 Å². The molecule has 0 radical (unpaired) electrons. The summed E-state index contributed by atoms with van der Waals surface area (Å²) in [5, 5.41) is 25.3. The third kappa shape index (κ3) is 13.4. The van der Waals surface area contributed by atoms with Crippen LogP contribution in [-0.4, -0.2) is 97.8 Å². The minimum atomic E-state index is -1.33. The minimum Gasteiger partial charge on any atom is -0.480 e. The van der Waals surface area contributed by atoms with Gasteiger partial charge in [0.15, 0.2) is 0 Å². The molecular formula is C21H31N7O9S. The van der Waals surface area contributed by atoms with Crippen LogP contribution in [-0.2, 0) is 40.0 Å². The Hall–Kier alpha value is -3.99. The van der Waals surface area contributed by atoms with Gasteiger partial charge in [-0.3, -0.25) is 33.6 Å². The summed E-state index contributed by atoms with van der Waals surface area (Å²) in [6.07, 6.45) is 2.25. The highest BCUT2D eigenvalue weighted by atomic mass is 32.2. The van der Waals surface area contributed by atoms with Crippen molar-refractivity contribution in [1.29, 1.82) is 0 Å². The van der Waals surface area contributed by atoms with Gasteiger partial charge < -0.3 is 42.2 Å². The zero-order valence-electron chi connectivity index (χ0n) is 20.5. The molecule has 16 nitrogen and oxygen atoms in total. The Morgan fingerprint density at radius 3 is 2.34 bits per heavy atom. The molecule has 1 heterocycles.